The minimum atomic E-state index is -0.394. The van der Waals surface area contributed by atoms with Gasteiger partial charge >= 0.3 is 0 Å². The van der Waals surface area contributed by atoms with Crippen molar-refractivity contribution in [1.29, 1.82) is 0 Å². The van der Waals surface area contributed by atoms with Crippen LogP contribution in [0.1, 0.15) is 29.7 Å². The second kappa shape index (κ2) is 6.20. The van der Waals surface area contributed by atoms with Gasteiger partial charge in [0, 0.05) is 24.3 Å². The van der Waals surface area contributed by atoms with E-state index in [4.69, 9.17) is 0 Å². The summed E-state index contributed by atoms with van der Waals surface area (Å²) in [5, 5.41) is 4.12. The molecule has 0 saturated carbocycles. The Balaban J connectivity index is 1.35. The van der Waals surface area contributed by atoms with Gasteiger partial charge in [-0.3, -0.25) is 9.69 Å². The normalized spacial score (nSPS) is 19.2. The fraction of sp³-hybridized carbons (Fsp3) is 0.318. The fourth-order valence-electron chi connectivity index (χ4n) is 4.68. The van der Waals surface area contributed by atoms with E-state index in [0.29, 0.717) is 6.54 Å². The predicted molar refractivity (Wildman–Crippen MR) is 103 cm³/mol. The summed E-state index contributed by atoms with van der Waals surface area (Å²) in [7, 11) is 0. The molecule has 27 heavy (non-hydrogen) atoms. The third-order valence-electron chi connectivity index (χ3n) is 6.15. The molecule has 138 valence electrons. The lowest BCUT2D eigenvalue weighted by molar-refractivity contribution is -0.129. The van der Waals surface area contributed by atoms with Crippen LogP contribution in [0.5, 0.6) is 0 Å². The van der Waals surface area contributed by atoms with Crippen LogP contribution in [-0.4, -0.2) is 28.9 Å². The topological polar surface area (TPSA) is 48.1 Å². The summed E-state index contributed by atoms with van der Waals surface area (Å²) in [6.45, 7) is 3.15. The molecule has 0 aliphatic carbocycles. The van der Waals surface area contributed by atoms with Crippen molar-refractivity contribution in [2.75, 3.05) is 13.1 Å². The zero-order chi connectivity index (χ0) is 18.4. The number of carbonyl (C=O) groups is 1. The van der Waals surface area contributed by atoms with Gasteiger partial charge in [0.1, 0.15) is 5.82 Å². The van der Waals surface area contributed by atoms with Gasteiger partial charge in [-0.15, -0.1) is 0 Å². The SMILES string of the molecule is O=C1NCc2ccccc2C12CCN(Cc1cc3ccc(F)cc3[nH]1)CC2. The van der Waals surface area contributed by atoms with E-state index in [1.807, 2.05) is 12.1 Å². The number of fused-ring (bicyclic) bond motifs is 3. The Hall–Kier alpha value is -2.66. The van der Waals surface area contributed by atoms with Crippen molar-refractivity contribution in [2.45, 2.75) is 31.3 Å². The smallest absolute Gasteiger partial charge is 0.231 e. The molecule has 4 nitrogen and oxygen atoms in total. The van der Waals surface area contributed by atoms with Gasteiger partial charge in [-0.05, 0) is 66.7 Å². The summed E-state index contributed by atoms with van der Waals surface area (Å²) in [5.74, 6) is -0.0558. The number of piperidine rings is 1. The summed E-state index contributed by atoms with van der Waals surface area (Å²) in [6, 6.07) is 15.2. The first kappa shape index (κ1) is 16.5. The minimum absolute atomic E-state index is 0.168. The molecule has 2 aliphatic rings. The Morgan fingerprint density at radius 3 is 2.74 bits per heavy atom. The Morgan fingerprint density at radius 1 is 1.07 bits per heavy atom. The summed E-state index contributed by atoms with van der Waals surface area (Å²) in [5.41, 5.74) is 3.96. The zero-order valence-corrected chi connectivity index (χ0v) is 15.1. The molecule has 2 aromatic carbocycles. The minimum Gasteiger partial charge on any atom is -0.357 e. The number of benzene rings is 2. The third-order valence-corrected chi connectivity index (χ3v) is 6.15. The largest absolute Gasteiger partial charge is 0.357 e. The molecule has 0 unspecified atom stereocenters. The average Bonchev–Trinajstić information content (AvgIpc) is 3.08. The first-order valence-electron chi connectivity index (χ1n) is 9.50. The van der Waals surface area contributed by atoms with E-state index in [1.54, 1.807) is 6.07 Å². The standard InChI is InChI=1S/C22H22FN3O/c23-17-6-5-15-11-18(25-20(15)12-17)14-26-9-7-22(8-10-26)19-4-2-1-3-16(19)13-24-21(22)27/h1-6,11-12,25H,7-10,13-14H2,(H,24,27). The van der Waals surface area contributed by atoms with Crippen LogP contribution in [0.3, 0.4) is 0 Å². The highest BCUT2D eigenvalue weighted by Gasteiger charge is 2.45. The van der Waals surface area contributed by atoms with Crippen LogP contribution < -0.4 is 5.32 Å². The third kappa shape index (κ3) is 2.73. The van der Waals surface area contributed by atoms with Crippen molar-refractivity contribution in [3.63, 3.8) is 0 Å². The number of halogens is 1. The molecular weight excluding hydrogens is 341 g/mol. The molecule has 0 atom stereocenters. The molecule has 3 aromatic rings. The van der Waals surface area contributed by atoms with E-state index in [0.717, 1.165) is 49.1 Å². The molecule has 0 radical (unpaired) electrons. The first-order valence-corrected chi connectivity index (χ1v) is 9.50. The van der Waals surface area contributed by atoms with Gasteiger partial charge in [-0.25, -0.2) is 4.39 Å². The van der Waals surface area contributed by atoms with Crippen molar-refractivity contribution in [3.8, 4) is 0 Å². The van der Waals surface area contributed by atoms with Gasteiger partial charge in [-0.2, -0.15) is 0 Å². The Morgan fingerprint density at radius 2 is 1.89 bits per heavy atom. The van der Waals surface area contributed by atoms with Gasteiger partial charge in [0.05, 0.1) is 5.41 Å². The lowest BCUT2D eigenvalue weighted by atomic mass is 9.68. The van der Waals surface area contributed by atoms with Gasteiger partial charge in [-0.1, -0.05) is 24.3 Å². The van der Waals surface area contributed by atoms with Gasteiger partial charge in [0.25, 0.3) is 0 Å². The number of carbonyl (C=O) groups excluding carboxylic acids is 1. The number of nitrogens with zero attached hydrogens (tertiary/aromatic N) is 1. The molecule has 2 N–H and O–H groups in total. The van der Waals surface area contributed by atoms with Crippen LogP contribution >= 0.6 is 0 Å². The lowest BCUT2D eigenvalue weighted by Gasteiger charge is -2.44. The van der Waals surface area contributed by atoms with Crippen LogP contribution in [0.15, 0.2) is 48.5 Å². The maximum absolute atomic E-state index is 13.4. The van der Waals surface area contributed by atoms with Crippen molar-refractivity contribution in [3.05, 3.63) is 71.2 Å². The van der Waals surface area contributed by atoms with E-state index < -0.39 is 5.41 Å². The first-order chi connectivity index (χ1) is 13.1. The highest BCUT2D eigenvalue weighted by molar-refractivity contribution is 5.90. The maximum Gasteiger partial charge on any atom is 0.231 e. The van der Waals surface area contributed by atoms with Crippen molar-refractivity contribution in [2.24, 2.45) is 0 Å². The Bertz CT molecular complexity index is 1020. The van der Waals surface area contributed by atoms with Gasteiger partial charge in [0.15, 0.2) is 0 Å². The predicted octanol–water partition coefficient (Wildman–Crippen LogP) is 3.47. The molecule has 1 saturated heterocycles. The fourth-order valence-corrected chi connectivity index (χ4v) is 4.68. The highest BCUT2D eigenvalue weighted by Crippen LogP contribution is 2.40. The molecule has 2 aliphatic heterocycles. The molecule has 0 bridgehead atoms. The number of aromatic nitrogens is 1. The van der Waals surface area contributed by atoms with Crippen molar-refractivity contribution >= 4 is 16.8 Å². The van der Waals surface area contributed by atoms with Crippen molar-refractivity contribution in [1.82, 2.24) is 15.2 Å². The van der Waals surface area contributed by atoms with Crippen LogP contribution in [0, 0.1) is 5.82 Å². The molecule has 1 spiro atoms. The quantitative estimate of drug-likeness (QED) is 0.732. The lowest BCUT2D eigenvalue weighted by Crippen LogP contribution is -2.54. The summed E-state index contributed by atoms with van der Waals surface area (Å²) in [6.07, 6.45) is 1.65. The highest BCUT2D eigenvalue weighted by atomic mass is 19.1. The number of H-pyrrole nitrogens is 1. The zero-order valence-electron chi connectivity index (χ0n) is 15.1. The second-order valence-electron chi connectivity index (χ2n) is 7.72. The number of rotatable bonds is 2. The molecule has 1 fully saturated rings. The van der Waals surface area contributed by atoms with Crippen LogP contribution in [-0.2, 0) is 23.3 Å². The second-order valence-corrected chi connectivity index (χ2v) is 7.72. The molecule has 1 amide bonds. The summed E-state index contributed by atoms with van der Waals surface area (Å²) in [4.78, 5) is 18.5. The number of amides is 1. The number of hydrogen-bond acceptors (Lipinski definition) is 2. The summed E-state index contributed by atoms with van der Waals surface area (Å²) < 4.78 is 13.4. The number of aromatic amines is 1. The summed E-state index contributed by atoms with van der Waals surface area (Å²) >= 11 is 0. The molecule has 1 aromatic heterocycles. The monoisotopic (exact) mass is 363 g/mol. The van der Waals surface area contributed by atoms with E-state index in [9.17, 15) is 9.18 Å². The van der Waals surface area contributed by atoms with Crippen LogP contribution in [0.25, 0.3) is 10.9 Å². The maximum atomic E-state index is 13.4. The molecule has 5 heteroatoms. The molecular formula is C22H22FN3O. The molecule has 5 rings (SSSR count). The van der Waals surface area contributed by atoms with Gasteiger partial charge < -0.3 is 10.3 Å². The number of nitrogens with one attached hydrogen (secondary N) is 2. The van der Waals surface area contributed by atoms with Crippen LogP contribution in [0.4, 0.5) is 4.39 Å². The Kier molecular flexibility index (Phi) is 3.79. The van der Waals surface area contributed by atoms with E-state index in [2.05, 4.69) is 33.4 Å². The van der Waals surface area contributed by atoms with Gasteiger partial charge in [0.2, 0.25) is 5.91 Å². The number of hydrogen-bond donors (Lipinski definition) is 2. The number of likely N-dealkylation sites (tertiary alicyclic amines) is 1. The van der Waals surface area contributed by atoms with Crippen LogP contribution in [0.2, 0.25) is 0 Å². The average molecular weight is 363 g/mol. The molecule has 3 heterocycles. The Labute approximate surface area is 157 Å². The van der Waals surface area contributed by atoms with E-state index >= 15 is 0 Å². The van der Waals surface area contributed by atoms with Crippen molar-refractivity contribution < 1.29 is 9.18 Å². The van der Waals surface area contributed by atoms with E-state index in [1.165, 1.54) is 23.3 Å². The van der Waals surface area contributed by atoms with E-state index in [-0.39, 0.29) is 11.7 Å².